The second-order valence-corrected chi connectivity index (χ2v) is 14.6. The van der Waals surface area contributed by atoms with Crippen LogP contribution in [-0.2, 0) is 19.2 Å². The van der Waals surface area contributed by atoms with Crippen molar-refractivity contribution >= 4 is 41.0 Å². The number of nitrogens with zero attached hydrogens (tertiary/aromatic N) is 2. The maximum Gasteiger partial charge on any atom is 0.328 e. The van der Waals surface area contributed by atoms with Gasteiger partial charge in [-0.1, -0.05) is 30.7 Å². The maximum absolute atomic E-state index is 13.1. The summed E-state index contributed by atoms with van der Waals surface area (Å²) in [5, 5.41) is 41.2. The second-order valence-electron chi connectivity index (χ2n) is 14.2. The second kappa shape index (κ2) is 14.4. The van der Waals surface area contributed by atoms with Crippen LogP contribution >= 0.6 is 11.6 Å². The number of aliphatic hydroxyl groups excluding tert-OH is 1. The quantitative estimate of drug-likeness (QED) is 0.202. The Labute approximate surface area is 274 Å². The fourth-order valence-electron chi connectivity index (χ4n) is 7.93. The van der Waals surface area contributed by atoms with Crippen LogP contribution in [0.4, 0.5) is 5.69 Å². The molecule has 4 saturated carbocycles. The first-order chi connectivity index (χ1) is 21.5. The van der Waals surface area contributed by atoms with Crippen molar-refractivity contribution in [2.24, 2.45) is 29.4 Å². The van der Waals surface area contributed by atoms with Crippen LogP contribution in [0.1, 0.15) is 59.3 Å². The molecule has 0 aromatic heterocycles. The Bertz CT molecular complexity index is 1310. The van der Waals surface area contributed by atoms with Gasteiger partial charge in [-0.05, 0) is 82.3 Å². The fourth-order valence-corrected chi connectivity index (χ4v) is 8.16. The van der Waals surface area contributed by atoms with E-state index in [-0.39, 0.29) is 42.3 Å². The van der Waals surface area contributed by atoms with Crippen LogP contribution in [0, 0.1) is 23.7 Å². The summed E-state index contributed by atoms with van der Waals surface area (Å²) in [7, 11) is 0. The van der Waals surface area contributed by atoms with Gasteiger partial charge in [-0.25, -0.2) is 9.59 Å². The third kappa shape index (κ3) is 8.65. The molecule has 3 unspecified atom stereocenters. The summed E-state index contributed by atoms with van der Waals surface area (Å²) >= 11 is 6.35. The predicted octanol–water partition coefficient (Wildman–Crippen LogP) is 2.25. The molecule has 0 spiro atoms. The molecule has 8 atom stereocenters. The number of aliphatic hydroxyl groups is 2. The molecular weight excluding hydrogens is 616 g/mol. The van der Waals surface area contributed by atoms with Gasteiger partial charge in [0, 0.05) is 48.8 Å². The average molecular weight is 663 g/mol. The highest BCUT2D eigenvalue weighted by Crippen LogP contribution is 2.55. The molecule has 1 aliphatic heterocycles. The number of amides is 2. The standard InChI is InChI=1S/C29H43ClN4O4.C4H4O4/c1-17(27(37)32-26-19-9-18-10-20(26)13-29(38,11-18)12-19)8-24(35)22(31)14-33-15-25(36)34(16-28(33,2)3)23-7-5-4-6-21(23)30;5-3(6)1-2-4(7)8/h4-7,17-20,22,24,26,35,38H,8-16,31H2,1-3H3,(H,32,37);1-2H,(H,5,6)(H,7,8)/b;2-1+/t17-,18?,19-,20+,22+,24+,26?,29?;/m1./s1. The Hall–Kier alpha value is -3.03. The smallest absolute Gasteiger partial charge is 0.328 e. The molecule has 1 aromatic carbocycles. The highest BCUT2D eigenvalue weighted by atomic mass is 35.5. The van der Waals surface area contributed by atoms with Crippen LogP contribution in [0.3, 0.4) is 0 Å². The molecule has 4 bridgehead atoms. The third-order valence-electron chi connectivity index (χ3n) is 10.1. The number of aliphatic carboxylic acids is 2. The van der Waals surface area contributed by atoms with Gasteiger partial charge in [0.15, 0.2) is 0 Å². The molecule has 13 heteroatoms. The molecule has 7 N–H and O–H groups in total. The molecule has 1 aromatic rings. The molecule has 6 rings (SSSR count). The van der Waals surface area contributed by atoms with E-state index < -0.39 is 29.7 Å². The Balaban J connectivity index is 0.000000533. The van der Waals surface area contributed by atoms with Crippen molar-refractivity contribution in [1.29, 1.82) is 0 Å². The summed E-state index contributed by atoms with van der Waals surface area (Å²) in [5.41, 5.74) is 6.22. The van der Waals surface area contributed by atoms with Gasteiger partial charge in [0.25, 0.3) is 0 Å². The average Bonchev–Trinajstić information content (AvgIpc) is 2.95. The summed E-state index contributed by atoms with van der Waals surface area (Å²) in [6, 6.07) is 6.85. The van der Waals surface area contributed by atoms with Crippen molar-refractivity contribution in [3.05, 3.63) is 41.4 Å². The monoisotopic (exact) mass is 662 g/mol. The van der Waals surface area contributed by atoms with Crippen molar-refractivity contribution in [2.45, 2.75) is 88.6 Å². The van der Waals surface area contributed by atoms with E-state index in [2.05, 4.69) is 19.2 Å². The SMILES string of the molecule is C[C@H](C[C@H](O)[C@@H](N)CN1CC(=O)N(c2ccccc2Cl)CC1(C)C)C(=O)NC1[C@@H]2CC3C[C@H]1CC(O)(C3)C2.O=C(O)/C=C/C(=O)O. The highest BCUT2D eigenvalue weighted by molar-refractivity contribution is 6.33. The van der Waals surface area contributed by atoms with Crippen LogP contribution in [0.25, 0.3) is 0 Å². The predicted molar refractivity (Wildman–Crippen MR) is 172 cm³/mol. The number of hydrogen-bond acceptors (Lipinski definition) is 8. The number of benzene rings is 1. The first-order valence-corrected chi connectivity index (χ1v) is 16.3. The number of nitrogens with one attached hydrogen (secondary N) is 1. The summed E-state index contributed by atoms with van der Waals surface area (Å²) in [6.07, 6.45) is 5.16. The first kappa shape index (κ1) is 35.8. The van der Waals surface area contributed by atoms with E-state index in [1.54, 1.807) is 11.0 Å². The van der Waals surface area contributed by atoms with Crippen LogP contribution < -0.4 is 16.0 Å². The van der Waals surface area contributed by atoms with E-state index in [1.807, 2.05) is 30.0 Å². The number of rotatable bonds is 10. The highest BCUT2D eigenvalue weighted by Gasteiger charge is 2.55. The van der Waals surface area contributed by atoms with E-state index in [0.717, 1.165) is 32.1 Å². The van der Waals surface area contributed by atoms with E-state index in [9.17, 15) is 29.4 Å². The maximum atomic E-state index is 13.1. The van der Waals surface area contributed by atoms with Crippen molar-refractivity contribution in [3.8, 4) is 0 Å². The molecule has 5 fully saturated rings. The molecule has 0 radical (unpaired) electrons. The van der Waals surface area contributed by atoms with Gasteiger partial charge >= 0.3 is 11.9 Å². The number of anilines is 1. The Morgan fingerprint density at radius 1 is 1.09 bits per heavy atom. The number of carbonyl (C=O) groups excluding carboxylic acids is 2. The number of halogens is 1. The van der Waals surface area contributed by atoms with E-state index in [0.29, 0.717) is 53.7 Å². The fraction of sp³-hybridized carbons (Fsp3) is 0.636. The van der Waals surface area contributed by atoms with Gasteiger partial charge in [-0.15, -0.1) is 0 Å². The largest absolute Gasteiger partial charge is 0.478 e. The van der Waals surface area contributed by atoms with E-state index in [4.69, 9.17) is 27.5 Å². The summed E-state index contributed by atoms with van der Waals surface area (Å²) in [6.45, 7) is 6.92. The number of nitrogens with two attached hydrogens (primary N) is 1. The topological polar surface area (TPSA) is 194 Å². The van der Waals surface area contributed by atoms with Crippen molar-refractivity contribution < 1.29 is 39.6 Å². The molecule has 12 nitrogen and oxygen atoms in total. The number of carboxylic acid groups (broad SMARTS) is 2. The van der Waals surface area contributed by atoms with Gasteiger partial charge in [-0.3, -0.25) is 14.5 Å². The summed E-state index contributed by atoms with van der Waals surface area (Å²) in [4.78, 5) is 49.0. The van der Waals surface area contributed by atoms with E-state index in [1.165, 1.54) is 0 Å². The van der Waals surface area contributed by atoms with Crippen molar-refractivity contribution in [1.82, 2.24) is 10.2 Å². The zero-order valence-corrected chi connectivity index (χ0v) is 27.4. The third-order valence-corrected chi connectivity index (χ3v) is 10.4. The molecule has 254 valence electrons. The first-order valence-electron chi connectivity index (χ1n) is 15.9. The van der Waals surface area contributed by atoms with Gasteiger partial charge in [-0.2, -0.15) is 0 Å². The number of carboxylic acids is 2. The van der Waals surface area contributed by atoms with Gasteiger partial charge in [0.2, 0.25) is 11.8 Å². The molecule has 4 aliphatic carbocycles. The zero-order valence-electron chi connectivity index (χ0n) is 26.6. The number of piperazine rings is 1. The van der Waals surface area contributed by atoms with Gasteiger partial charge < -0.3 is 36.4 Å². The minimum atomic E-state index is -1.26. The zero-order chi connectivity index (χ0) is 34.0. The Morgan fingerprint density at radius 2 is 1.67 bits per heavy atom. The summed E-state index contributed by atoms with van der Waals surface area (Å²) < 4.78 is 0. The Morgan fingerprint density at radius 3 is 2.22 bits per heavy atom. The van der Waals surface area contributed by atoms with Crippen LogP contribution in [0.2, 0.25) is 5.02 Å². The normalized spacial score (nSPS) is 30.3. The molecule has 1 heterocycles. The lowest BCUT2D eigenvalue weighted by molar-refractivity contribution is -0.148. The molecule has 46 heavy (non-hydrogen) atoms. The molecular formula is C33H47ClN4O8. The minimum Gasteiger partial charge on any atom is -0.478 e. The molecule has 1 saturated heterocycles. The van der Waals surface area contributed by atoms with Crippen molar-refractivity contribution in [2.75, 3.05) is 24.5 Å². The van der Waals surface area contributed by atoms with Gasteiger partial charge in [0.05, 0.1) is 29.0 Å². The van der Waals surface area contributed by atoms with Crippen LogP contribution in [0.5, 0.6) is 0 Å². The van der Waals surface area contributed by atoms with Crippen LogP contribution in [-0.4, -0.2) is 98.0 Å². The summed E-state index contributed by atoms with van der Waals surface area (Å²) in [5.74, 6) is -1.73. The minimum absolute atomic E-state index is 0.0513. The number of hydrogen-bond donors (Lipinski definition) is 6. The lowest BCUT2D eigenvalue weighted by Crippen LogP contribution is -2.64. The lowest BCUT2D eigenvalue weighted by Gasteiger charge is -2.58. The van der Waals surface area contributed by atoms with Crippen molar-refractivity contribution in [3.63, 3.8) is 0 Å². The number of para-hydroxylation sites is 1. The molecule has 2 amide bonds. The van der Waals surface area contributed by atoms with Gasteiger partial charge in [0.1, 0.15) is 0 Å². The lowest BCUT2D eigenvalue weighted by atomic mass is 9.52. The van der Waals surface area contributed by atoms with E-state index >= 15 is 0 Å². The molecule has 5 aliphatic rings. The Kier molecular flexibility index (Phi) is 11.2. The van der Waals surface area contributed by atoms with Crippen LogP contribution in [0.15, 0.2) is 36.4 Å². The number of carbonyl (C=O) groups is 4.